The van der Waals surface area contributed by atoms with Crippen molar-refractivity contribution in [2.45, 2.75) is 19.6 Å². The van der Waals surface area contributed by atoms with Crippen LogP contribution in [-0.2, 0) is 11.3 Å². The highest BCUT2D eigenvalue weighted by molar-refractivity contribution is 8.26. The highest BCUT2D eigenvalue weighted by Gasteiger charge is 2.33. The van der Waals surface area contributed by atoms with Crippen LogP contribution in [0.1, 0.15) is 18.1 Å². The van der Waals surface area contributed by atoms with Gasteiger partial charge in [0.05, 0.1) is 11.4 Å². The maximum Gasteiger partial charge on any atom is 0.266 e. The van der Waals surface area contributed by atoms with Gasteiger partial charge < -0.3 is 4.74 Å². The first kappa shape index (κ1) is 18.3. The third-order valence-electron chi connectivity index (χ3n) is 4.47. The molecule has 2 aromatic rings. The first-order chi connectivity index (χ1) is 13.0. The lowest BCUT2D eigenvalue weighted by Crippen LogP contribution is -2.27. The standard InChI is InChI=1S/C21H16ClNO2S2/c1-13-16(10-14-6-3-5-9-18(14)25-13)11-19-20(24)23(21(26)27-19)12-15-7-2-4-8-17(15)22/h2-11,13H,12H2,1H3/b19-11-/t13-/m0/s1. The fourth-order valence-electron chi connectivity index (χ4n) is 3.01. The molecule has 0 aromatic heterocycles. The van der Waals surface area contributed by atoms with Gasteiger partial charge in [-0.2, -0.15) is 0 Å². The number of para-hydroxylation sites is 1. The molecule has 0 radical (unpaired) electrons. The van der Waals surface area contributed by atoms with Crippen LogP contribution in [0.15, 0.2) is 65.1 Å². The summed E-state index contributed by atoms with van der Waals surface area (Å²) < 4.78 is 6.50. The molecule has 27 heavy (non-hydrogen) atoms. The first-order valence-corrected chi connectivity index (χ1v) is 10.1. The number of hydrogen-bond donors (Lipinski definition) is 0. The Bertz CT molecular complexity index is 999. The molecule has 0 aliphatic carbocycles. The minimum absolute atomic E-state index is 0.100. The summed E-state index contributed by atoms with van der Waals surface area (Å²) in [5.74, 6) is 0.755. The molecule has 3 nitrogen and oxygen atoms in total. The Morgan fingerprint density at radius 3 is 2.78 bits per heavy atom. The van der Waals surface area contributed by atoms with Crippen molar-refractivity contribution in [2.24, 2.45) is 0 Å². The van der Waals surface area contributed by atoms with Crippen molar-refractivity contribution >= 4 is 51.9 Å². The van der Waals surface area contributed by atoms with Gasteiger partial charge in [-0.05, 0) is 42.3 Å². The van der Waals surface area contributed by atoms with E-state index in [1.54, 1.807) is 4.90 Å². The van der Waals surface area contributed by atoms with Gasteiger partial charge in [-0.1, -0.05) is 72.0 Å². The fraction of sp³-hybridized carbons (Fsp3) is 0.143. The number of amides is 1. The Kier molecular flexibility index (Phi) is 5.08. The molecular weight excluding hydrogens is 398 g/mol. The van der Waals surface area contributed by atoms with Crippen molar-refractivity contribution in [3.05, 3.63) is 81.2 Å². The zero-order valence-corrected chi connectivity index (χ0v) is 16.9. The second-order valence-electron chi connectivity index (χ2n) is 6.30. The summed E-state index contributed by atoms with van der Waals surface area (Å²) in [7, 11) is 0. The topological polar surface area (TPSA) is 29.5 Å². The van der Waals surface area contributed by atoms with E-state index in [-0.39, 0.29) is 12.0 Å². The molecule has 0 bridgehead atoms. The number of fused-ring (bicyclic) bond motifs is 1. The van der Waals surface area contributed by atoms with Crippen molar-refractivity contribution < 1.29 is 9.53 Å². The van der Waals surface area contributed by atoms with Crippen LogP contribution < -0.4 is 4.74 Å². The molecule has 1 fully saturated rings. The SMILES string of the molecule is C[C@@H]1Oc2ccccc2C=C1/C=C1\SC(=S)N(Cc2ccccc2Cl)C1=O. The predicted octanol–water partition coefficient (Wildman–Crippen LogP) is 5.45. The molecule has 2 aromatic carbocycles. The van der Waals surface area contributed by atoms with Gasteiger partial charge >= 0.3 is 0 Å². The molecule has 0 N–H and O–H groups in total. The molecule has 6 heteroatoms. The van der Waals surface area contributed by atoms with Crippen molar-refractivity contribution in [3.63, 3.8) is 0 Å². The average molecular weight is 414 g/mol. The molecule has 2 aliphatic heterocycles. The molecule has 0 saturated carbocycles. The summed E-state index contributed by atoms with van der Waals surface area (Å²) in [6, 6.07) is 15.3. The number of nitrogens with zero attached hydrogens (tertiary/aromatic N) is 1. The second-order valence-corrected chi connectivity index (χ2v) is 8.38. The van der Waals surface area contributed by atoms with E-state index in [2.05, 4.69) is 6.08 Å². The largest absolute Gasteiger partial charge is 0.485 e. The van der Waals surface area contributed by atoms with Crippen LogP contribution in [0.2, 0.25) is 5.02 Å². The molecule has 4 rings (SSSR count). The number of ether oxygens (including phenoxy) is 1. The zero-order valence-electron chi connectivity index (χ0n) is 14.5. The summed E-state index contributed by atoms with van der Waals surface area (Å²) in [5, 5.41) is 0.629. The van der Waals surface area contributed by atoms with Crippen molar-refractivity contribution in [1.82, 2.24) is 4.90 Å². The third-order valence-corrected chi connectivity index (χ3v) is 6.22. The lowest BCUT2D eigenvalue weighted by atomic mass is 10.0. The summed E-state index contributed by atoms with van der Waals surface area (Å²) in [6.45, 7) is 2.35. The summed E-state index contributed by atoms with van der Waals surface area (Å²) in [4.78, 5) is 15.1. The van der Waals surface area contributed by atoms with Gasteiger partial charge in [0, 0.05) is 10.6 Å². The van der Waals surface area contributed by atoms with Gasteiger partial charge in [0.1, 0.15) is 16.2 Å². The Labute approximate surface area is 172 Å². The van der Waals surface area contributed by atoms with Crippen LogP contribution in [-0.4, -0.2) is 21.2 Å². The first-order valence-electron chi connectivity index (χ1n) is 8.49. The summed E-state index contributed by atoms with van der Waals surface area (Å²) in [5.41, 5.74) is 2.83. The van der Waals surface area contributed by atoms with E-state index >= 15 is 0 Å². The average Bonchev–Trinajstić information content (AvgIpc) is 2.91. The van der Waals surface area contributed by atoms with Crippen LogP contribution in [0.25, 0.3) is 6.08 Å². The molecule has 2 aliphatic rings. The minimum atomic E-state index is -0.132. The van der Waals surface area contributed by atoms with Gasteiger partial charge in [0.15, 0.2) is 0 Å². The maximum atomic E-state index is 12.9. The van der Waals surface area contributed by atoms with E-state index in [0.29, 0.717) is 20.8 Å². The maximum absolute atomic E-state index is 12.9. The van der Waals surface area contributed by atoms with E-state index in [0.717, 1.165) is 22.4 Å². The highest BCUT2D eigenvalue weighted by atomic mass is 35.5. The highest BCUT2D eigenvalue weighted by Crippen LogP contribution is 2.36. The Morgan fingerprint density at radius 2 is 1.96 bits per heavy atom. The number of rotatable bonds is 3. The van der Waals surface area contributed by atoms with E-state index in [4.69, 9.17) is 28.6 Å². The smallest absolute Gasteiger partial charge is 0.266 e. The Balaban J connectivity index is 1.60. The third kappa shape index (κ3) is 3.68. The van der Waals surface area contributed by atoms with Crippen molar-refractivity contribution in [1.29, 1.82) is 0 Å². The molecular formula is C21H16ClNO2S2. The van der Waals surface area contributed by atoms with Crippen LogP contribution in [0.4, 0.5) is 0 Å². The van der Waals surface area contributed by atoms with Crippen LogP contribution >= 0.6 is 35.6 Å². The quantitative estimate of drug-likeness (QED) is 0.494. The Morgan fingerprint density at radius 1 is 1.22 bits per heavy atom. The molecule has 1 amide bonds. The van der Waals surface area contributed by atoms with Gasteiger partial charge in [0.2, 0.25) is 0 Å². The monoisotopic (exact) mass is 413 g/mol. The number of benzene rings is 2. The molecule has 1 atom stereocenters. The number of hydrogen-bond acceptors (Lipinski definition) is 4. The van der Waals surface area contributed by atoms with E-state index in [1.165, 1.54) is 11.8 Å². The minimum Gasteiger partial charge on any atom is -0.485 e. The summed E-state index contributed by atoms with van der Waals surface area (Å²) in [6.07, 6.45) is 3.81. The Hall–Kier alpha value is -2.08. The number of carbonyl (C=O) groups is 1. The van der Waals surface area contributed by atoms with E-state index < -0.39 is 0 Å². The summed E-state index contributed by atoms with van der Waals surface area (Å²) >= 11 is 13.0. The number of thioether (sulfide) groups is 1. The van der Waals surface area contributed by atoms with Crippen LogP contribution in [0, 0.1) is 0 Å². The van der Waals surface area contributed by atoms with Crippen LogP contribution in [0.3, 0.4) is 0 Å². The van der Waals surface area contributed by atoms with Crippen LogP contribution in [0.5, 0.6) is 5.75 Å². The molecule has 2 heterocycles. The number of thiocarbonyl (C=S) groups is 1. The predicted molar refractivity (Wildman–Crippen MR) is 115 cm³/mol. The van der Waals surface area contributed by atoms with Gasteiger partial charge in [-0.25, -0.2) is 0 Å². The molecule has 0 unspecified atom stereocenters. The zero-order chi connectivity index (χ0) is 19.0. The van der Waals surface area contributed by atoms with Gasteiger partial charge in [-0.15, -0.1) is 0 Å². The van der Waals surface area contributed by atoms with Crippen molar-refractivity contribution in [2.75, 3.05) is 0 Å². The lowest BCUT2D eigenvalue weighted by Gasteiger charge is -2.23. The fourth-order valence-corrected chi connectivity index (χ4v) is 4.46. The molecule has 0 spiro atoms. The number of halogens is 1. The van der Waals surface area contributed by atoms with Crippen molar-refractivity contribution in [3.8, 4) is 5.75 Å². The molecule has 136 valence electrons. The molecule has 1 saturated heterocycles. The lowest BCUT2D eigenvalue weighted by molar-refractivity contribution is -0.122. The second kappa shape index (κ2) is 7.50. The van der Waals surface area contributed by atoms with Gasteiger partial charge in [-0.3, -0.25) is 9.69 Å². The number of carbonyl (C=O) groups excluding carboxylic acids is 1. The van der Waals surface area contributed by atoms with E-state index in [1.807, 2.05) is 61.5 Å². The normalized spacial score (nSPS) is 20.5. The van der Waals surface area contributed by atoms with Gasteiger partial charge in [0.25, 0.3) is 5.91 Å². The van der Waals surface area contributed by atoms with E-state index in [9.17, 15) is 4.79 Å².